The van der Waals surface area contributed by atoms with Crippen molar-refractivity contribution in [3.63, 3.8) is 0 Å². The summed E-state index contributed by atoms with van der Waals surface area (Å²) in [7, 11) is 0. The highest BCUT2D eigenvalue weighted by Gasteiger charge is 2.32. The van der Waals surface area contributed by atoms with Gasteiger partial charge in [0, 0.05) is 11.9 Å². The summed E-state index contributed by atoms with van der Waals surface area (Å²) in [5.41, 5.74) is 10.1. The van der Waals surface area contributed by atoms with E-state index in [9.17, 15) is 0 Å². The normalized spacial score (nSPS) is 35.4. The number of fused-ring (bicyclic) bond motifs is 2. The van der Waals surface area contributed by atoms with Crippen molar-refractivity contribution in [2.45, 2.75) is 25.4 Å². The van der Waals surface area contributed by atoms with Crippen molar-refractivity contribution < 1.29 is 0 Å². The van der Waals surface area contributed by atoms with Gasteiger partial charge in [-0.05, 0) is 48.9 Å². The number of allylic oxidation sites excluding steroid dienone is 2. The van der Waals surface area contributed by atoms with E-state index in [1.165, 1.54) is 29.7 Å². The van der Waals surface area contributed by atoms with Gasteiger partial charge in [0.1, 0.15) is 0 Å². The van der Waals surface area contributed by atoms with E-state index in [4.69, 9.17) is 5.73 Å². The molecule has 2 aliphatic heterocycles. The summed E-state index contributed by atoms with van der Waals surface area (Å²) in [4.78, 5) is 4.38. The van der Waals surface area contributed by atoms with Crippen LogP contribution in [-0.4, -0.2) is 18.4 Å². The third-order valence-electron chi connectivity index (χ3n) is 3.46. The van der Waals surface area contributed by atoms with Gasteiger partial charge in [-0.1, -0.05) is 0 Å². The minimum Gasteiger partial charge on any atom is -0.312 e. The van der Waals surface area contributed by atoms with Crippen molar-refractivity contribution in [2.75, 3.05) is 6.54 Å². The zero-order valence-corrected chi connectivity index (χ0v) is 8.16. The van der Waals surface area contributed by atoms with Crippen molar-refractivity contribution in [2.24, 2.45) is 16.6 Å². The van der Waals surface area contributed by atoms with E-state index in [0.29, 0.717) is 5.92 Å². The highest BCUT2D eigenvalue weighted by atomic mass is 15.0. The summed E-state index contributed by atoms with van der Waals surface area (Å²) in [5, 5.41) is 3.32. The zero-order chi connectivity index (χ0) is 9.54. The third kappa shape index (κ3) is 1.09. The molecule has 14 heavy (non-hydrogen) atoms. The van der Waals surface area contributed by atoms with Gasteiger partial charge in [0.2, 0.25) is 0 Å². The number of nitrogens with two attached hydrogens (primary N) is 1. The van der Waals surface area contributed by atoms with Crippen molar-refractivity contribution in [3.05, 3.63) is 23.4 Å². The van der Waals surface area contributed by atoms with E-state index in [-0.39, 0.29) is 6.17 Å². The van der Waals surface area contributed by atoms with E-state index in [2.05, 4.69) is 16.4 Å². The molecule has 0 aromatic heterocycles. The van der Waals surface area contributed by atoms with Gasteiger partial charge in [-0.15, -0.1) is 0 Å². The van der Waals surface area contributed by atoms with Crippen LogP contribution in [0.5, 0.6) is 0 Å². The van der Waals surface area contributed by atoms with Crippen LogP contribution in [0.1, 0.15) is 19.3 Å². The summed E-state index contributed by atoms with van der Waals surface area (Å²) in [6, 6.07) is 0. The third-order valence-corrected chi connectivity index (χ3v) is 3.46. The maximum Gasteiger partial charge on any atom is 0.0781 e. The van der Waals surface area contributed by atoms with Gasteiger partial charge in [0.15, 0.2) is 0 Å². The monoisotopic (exact) mass is 189 g/mol. The van der Waals surface area contributed by atoms with Gasteiger partial charge in [-0.25, -0.2) is 0 Å². The Hall–Kier alpha value is -0.930. The number of aliphatic imine (C=N–C) groups is 1. The van der Waals surface area contributed by atoms with Crippen LogP contribution < -0.4 is 11.1 Å². The summed E-state index contributed by atoms with van der Waals surface area (Å²) >= 11 is 0. The maximum absolute atomic E-state index is 6.09. The van der Waals surface area contributed by atoms with E-state index in [0.717, 1.165) is 13.0 Å². The molecule has 2 heterocycles. The Morgan fingerprint density at radius 3 is 3.29 bits per heavy atom. The first-order chi connectivity index (χ1) is 6.86. The molecule has 3 nitrogen and oxygen atoms in total. The molecule has 2 unspecified atom stereocenters. The number of rotatable bonds is 0. The molecule has 0 saturated carbocycles. The van der Waals surface area contributed by atoms with Crippen LogP contribution in [-0.2, 0) is 0 Å². The first-order valence-electron chi connectivity index (χ1n) is 5.33. The Bertz CT molecular complexity index is 352. The largest absolute Gasteiger partial charge is 0.312 e. The number of piperidine rings is 1. The lowest BCUT2D eigenvalue weighted by Gasteiger charge is -2.36. The highest BCUT2D eigenvalue weighted by molar-refractivity contribution is 6.06. The number of hydrogen-bond acceptors (Lipinski definition) is 3. The van der Waals surface area contributed by atoms with Crippen LogP contribution in [0, 0.1) is 5.92 Å². The molecule has 1 saturated heterocycles. The zero-order valence-electron chi connectivity index (χ0n) is 8.16. The standard InChI is InChI=1S/C11H15N3/c12-11-10-7(3-5-14-11)1-2-9-8(10)4-6-13-9/h4,6-7,11,14H,1-3,5,12H2. The molecule has 3 N–H and O–H groups in total. The van der Waals surface area contributed by atoms with Crippen LogP contribution in [0.3, 0.4) is 0 Å². The van der Waals surface area contributed by atoms with E-state index in [1.807, 2.05) is 6.20 Å². The van der Waals surface area contributed by atoms with Crippen molar-refractivity contribution in [3.8, 4) is 0 Å². The average Bonchev–Trinajstić information content (AvgIpc) is 2.65. The predicted octanol–water partition coefficient (Wildman–Crippen LogP) is 0.939. The molecule has 0 spiro atoms. The molecule has 0 aromatic carbocycles. The molecular weight excluding hydrogens is 174 g/mol. The smallest absolute Gasteiger partial charge is 0.0781 e. The van der Waals surface area contributed by atoms with Gasteiger partial charge in [-0.3, -0.25) is 10.3 Å². The molecule has 0 bridgehead atoms. The summed E-state index contributed by atoms with van der Waals surface area (Å²) in [6.45, 7) is 1.05. The predicted molar refractivity (Wildman–Crippen MR) is 56.9 cm³/mol. The molecule has 3 rings (SSSR count). The SMILES string of the molecule is NC1NCCC2CCC3=NC=CC3=C21. The van der Waals surface area contributed by atoms with Gasteiger partial charge >= 0.3 is 0 Å². The maximum atomic E-state index is 6.09. The summed E-state index contributed by atoms with van der Waals surface area (Å²) in [5.74, 6) is 0.697. The van der Waals surface area contributed by atoms with Crippen LogP contribution in [0.25, 0.3) is 0 Å². The number of nitrogens with zero attached hydrogens (tertiary/aromatic N) is 1. The summed E-state index contributed by atoms with van der Waals surface area (Å²) < 4.78 is 0. The lowest BCUT2D eigenvalue weighted by atomic mass is 9.77. The molecule has 0 aromatic rings. The van der Waals surface area contributed by atoms with Crippen molar-refractivity contribution >= 4 is 5.71 Å². The number of nitrogens with one attached hydrogen (secondary N) is 1. The topological polar surface area (TPSA) is 50.4 Å². The minimum atomic E-state index is 0.0528. The second-order valence-corrected chi connectivity index (χ2v) is 4.22. The Morgan fingerprint density at radius 2 is 2.36 bits per heavy atom. The molecule has 3 heteroatoms. The first kappa shape index (κ1) is 8.38. The fourth-order valence-electron chi connectivity index (χ4n) is 2.76. The molecular formula is C11H15N3. The van der Waals surface area contributed by atoms with Crippen molar-refractivity contribution in [1.82, 2.24) is 5.32 Å². The second kappa shape index (κ2) is 3.04. The quantitative estimate of drug-likeness (QED) is 0.596. The van der Waals surface area contributed by atoms with E-state index >= 15 is 0 Å². The van der Waals surface area contributed by atoms with Crippen LogP contribution in [0.4, 0.5) is 0 Å². The number of hydrogen-bond donors (Lipinski definition) is 2. The second-order valence-electron chi connectivity index (χ2n) is 4.22. The van der Waals surface area contributed by atoms with Crippen LogP contribution in [0.15, 0.2) is 28.4 Å². The highest BCUT2D eigenvalue weighted by Crippen LogP contribution is 2.36. The Morgan fingerprint density at radius 1 is 1.43 bits per heavy atom. The molecule has 2 atom stereocenters. The molecule has 3 aliphatic rings. The molecule has 74 valence electrons. The lowest BCUT2D eigenvalue weighted by molar-refractivity contribution is 0.382. The lowest BCUT2D eigenvalue weighted by Crippen LogP contribution is -2.48. The molecule has 1 fully saturated rings. The van der Waals surface area contributed by atoms with Crippen LogP contribution >= 0.6 is 0 Å². The van der Waals surface area contributed by atoms with Gasteiger partial charge in [0.25, 0.3) is 0 Å². The Labute approximate surface area is 83.8 Å². The molecule has 1 aliphatic carbocycles. The first-order valence-corrected chi connectivity index (χ1v) is 5.33. The van der Waals surface area contributed by atoms with Gasteiger partial charge in [-0.2, -0.15) is 0 Å². The Balaban J connectivity index is 2.08. The van der Waals surface area contributed by atoms with E-state index in [1.54, 1.807) is 0 Å². The van der Waals surface area contributed by atoms with Gasteiger partial charge in [0.05, 0.1) is 6.17 Å². The Kier molecular flexibility index (Phi) is 1.82. The van der Waals surface area contributed by atoms with Gasteiger partial charge < -0.3 is 5.73 Å². The summed E-state index contributed by atoms with van der Waals surface area (Å²) in [6.07, 6.45) is 7.66. The molecule has 0 radical (unpaired) electrons. The fourth-order valence-corrected chi connectivity index (χ4v) is 2.76. The van der Waals surface area contributed by atoms with E-state index < -0.39 is 0 Å². The molecule has 0 amide bonds. The van der Waals surface area contributed by atoms with Crippen LogP contribution in [0.2, 0.25) is 0 Å². The average molecular weight is 189 g/mol. The fraction of sp³-hybridized carbons (Fsp3) is 0.545. The minimum absolute atomic E-state index is 0.0528. The van der Waals surface area contributed by atoms with Crippen molar-refractivity contribution in [1.29, 1.82) is 0 Å².